The molecule has 0 saturated carbocycles. The van der Waals surface area contributed by atoms with Crippen molar-refractivity contribution in [1.82, 2.24) is 4.98 Å². The Morgan fingerprint density at radius 3 is 1.85 bits per heavy atom. The van der Waals surface area contributed by atoms with E-state index in [2.05, 4.69) is 14.7 Å². The number of aromatic nitrogens is 1. The fraction of sp³-hybridized carbons (Fsp3) is 0.294. The smallest absolute Gasteiger partial charge is 0.340 e. The molecule has 0 aliphatic heterocycles. The molecule has 0 aliphatic rings. The van der Waals surface area contributed by atoms with Gasteiger partial charge in [0.1, 0.15) is 17.2 Å². The summed E-state index contributed by atoms with van der Waals surface area (Å²) in [5.74, 6) is 2.01. The topological polar surface area (TPSA) is 170 Å². The summed E-state index contributed by atoms with van der Waals surface area (Å²) in [6, 6.07) is 16.5. The number of methoxy groups -OCH3 is 5. The van der Waals surface area contributed by atoms with Crippen molar-refractivity contribution in [2.24, 2.45) is 4.99 Å². The number of pyridine rings is 1. The quantitative estimate of drug-likeness (QED) is 0.100. The van der Waals surface area contributed by atoms with E-state index in [9.17, 15) is 14.4 Å². The number of aliphatic imine (C=N–C) groups is 1. The Morgan fingerprint density at radius 1 is 0.745 bits per heavy atom. The van der Waals surface area contributed by atoms with Crippen LogP contribution >= 0.6 is 0 Å². The summed E-state index contributed by atoms with van der Waals surface area (Å²) in [7, 11) is 7.32. The van der Waals surface area contributed by atoms with Gasteiger partial charge in [0, 0.05) is 42.3 Å². The number of benzene rings is 3. The maximum atomic E-state index is 11.7. The van der Waals surface area contributed by atoms with Crippen LogP contribution in [0.15, 0.2) is 70.5 Å². The van der Waals surface area contributed by atoms with Gasteiger partial charge >= 0.3 is 11.9 Å². The largest absolute Gasteiger partial charge is 0.497 e. The number of nitrogen functional groups attached to an aromatic ring is 1. The number of rotatable bonds is 9. The number of hydrogen-bond acceptors (Lipinski definition) is 12. The number of hydrogen-bond donors (Lipinski definition) is 2. The number of fused-ring (bicyclic) bond motifs is 1. The first-order valence-corrected chi connectivity index (χ1v) is 14.4. The van der Waals surface area contributed by atoms with Gasteiger partial charge in [-0.1, -0.05) is 0 Å². The number of aromatic amines is 1. The zero-order valence-corrected chi connectivity index (χ0v) is 27.8. The fourth-order valence-electron chi connectivity index (χ4n) is 3.96. The Kier molecular flexibility index (Phi) is 15.1. The Morgan fingerprint density at radius 2 is 1.30 bits per heavy atom. The van der Waals surface area contributed by atoms with Crippen LogP contribution < -0.4 is 30.1 Å². The predicted molar refractivity (Wildman–Crippen MR) is 180 cm³/mol. The van der Waals surface area contributed by atoms with Crippen LogP contribution in [0.4, 0.5) is 11.4 Å². The van der Waals surface area contributed by atoms with Gasteiger partial charge < -0.3 is 43.9 Å². The van der Waals surface area contributed by atoms with E-state index in [4.69, 9.17) is 34.2 Å². The number of esters is 2. The molecule has 1 heterocycles. The summed E-state index contributed by atoms with van der Waals surface area (Å²) in [6.07, 6.45) is 0. The zero-order valence-electron chi connectivity index (χ0n) is 27.8. The highest BCUT2D eigenvalue weighted by atomic mass is 16.5. The van der Waals surface area contributed by atoms with E-state index in [-0.39, 0.29) is 5.43 Å². The Labute approximate surface area is 273 Å². The Bertz CT molecular complexity index is 1730. The molecule has 0 unspecified atom stereocenters. The maximum absolute atomic E-state index is 11.7. The number of carbonyl (C=O) groups is 2. The molecule has 1 aromatic heterocycles. The highest BCUT2D eigenvalue weighted by molar-refractivity contribution is 5.96. The molecule has 252 valence electrons. The average molecular weight is 652 g/mol. The first-order valence-electron chi connectivity index (χ1n) is 14.4. The zero-order chi connectivity index (χ0) is 34.9. The molecule has 0 atom stereocenters. The molecule has 0 spiro atoms. The number of nitrogens with two attached hydrogens (primary N) is 1. The van der Waals surface area contributed by atoms with Crippen LogP contribution in [0, 0.1) is 0 Å². The van der Waals surface area contributed by atoms with Gasteiger partial charge in [-0.15, -0.1) is 0 Å². The first kappa shape index (κ1) is 37.5. The van der Waals surface area contributed by atoms with Crippen molar-refractivity contribution in [3.8, 4) is 23.1 Å². The molecule has 3 N–H and O–H groups in total. The first-order chi connectivity index (χ1) is 22.5. The van der Waals surface area contributed by atoms with E-state index in [0.29, 0.717) is 70.1 Å². The van der Waals surface area contributed by atoms with E-state index in [1.165, 1.54) is 27.4 Å². The summed E-state index contributed by atoms with van der Waals surface area (Å²) in [4.78, 5) is 41.7. The van der Waals surface area contributed by atoms with Gasteiger partial charge in [-0.05, 0) is 50.2 Å². The van der Waals surface area contributed by atoms with Gasteiger partial charge in [-0.3, -0.25) is 4.79 Å². The van der Waals surface area contributed by atoms with E-state index in [1.54, 1.807) is 75.7 Å². The molecular formula is C34H41N3O10. The summed E-state index contributed by atoms with van der Waals surface area (Å²) in [5.41, 5.74) is 7.80. The van der Waals surface area contributed by atoms with Crippen LogP contribution in [0.2, 0.25) is 0 Å². The van der Waals surface area contributed by atoms with E-state index >= 15 is 0 Å². The summed E-state index contributed by atoms with van der Waals surface area (Å²) >= 11 is 0. The van der Waals surface area contributed by atoms with Crippen LogP contribution in [-0.2, 0) is 14.2 Å². The minimum absolute atomic E-state index is 0.0557. The highest BCUT2D eigenvalue weighted by Crippen LogP contribution is 2.26. The second-order valence-corrected chi connectivity index (χ2v) is 9.23. The van der Waals surface area contributed by atoms with Crippen LogP contribution in [0.3, 0.4) is 0 Å². The summed E-state index contributed by atoms with van der Waals surface area (Å²) in [5, 5.41) is 0.629. The molecule has 0 aliphatic carbocycles. The molecule has 3 aromatic carbocycles. The van der Waals surface area contributed by atoms with Crippen molar-refractivity contribution in [2.45, 2.75) is 20.8 Å². The molecule has 47 heavy (non-hydrogen) atoms. The van der Waals surface area contributed by atoms with Gasteiger partial charge in [0.25, 0.3) is 0 Å². The van der Waals surface area contributed by atoms with Gasteiger partial charge in [0.15, 0.2) is 17.2 Å². The molecular weight excluding hydrogens is 610 g/mol. The van der Waals surface area contributed by atoms with E-state index in [1.807, 2.05) is 13.8 Å². The van der Waals surface area contributed by atoms with E-state index < -0.39 is 11.9 Å². The van der Waals surface area contributed by atoms with Gasteiger partial charge in [-0.2, -0.15) is 0 Å². The molecule has 4 aromatic rings. The van der Waals surface area contributed by atoms with Gasteiger partial charge in [0.2, 0.25) is 0 Å². The molecule has 13 heteroatoms. The second-order valence-electron chi connectivity index (χ2n) is 9.23. The van der Waals surface area contributed by atoms with Gasteiger partial charge in [-0.25, -0.2) is 14.6 Å². The minimum Gasteiger partial charge on any atom is -0.497 e. The minimum atomic E-state index is -0.444. The lowest BCUT2D eigenvalue weighted by Crippen LogP contribution is -2.05. The van der Waals surface area contributed by atoms with Crippen LogP contribution in [-0.4, -0.2) is 71.6 Å². The Hall–Kier alpha value is -5.72. The van der Waals surface area contributed by atoms with Crippen molar-refractivity contribution in [2.75, 3.05) is 54.5 Å². The predicted octanol–water partition coefficient (Wildman–Crippen LogP) is 5.57. The monoisotopic (exact) mass is 651 g/mol. The third kappa shape index (κ3) is 11.0. The lowest BCUT2D eigenvalue weighted by molar-refractivity contribution is 0.0592. The normalized spacial score (nSPS) is 10.3. The van der Waals surface area contributed by atoms with Crippen molar-refractivity contribution in [3.63, 3.8) is 0 Å². The lowest BCUT2D eigenvalue weighted by Gasteiger charge is -2.08. The fourth-order valence-corrected chi connectivity index (χ4v) is 3.96. The number of ether oxygens (including phenoxy) is 7. The lowest BCUT2D eigenvalue weighted by atomic mass is 10.1. The average Bonchev–Trinajstić information content (AvgIpc) is 3.08. The van der Waals surface area contributed by atoms with E-state index in [0.717, 1.165) is 5.52 Å². The van der Waals surface area contributed by atoms with Crippen LogP contribution in [0.1, 0.15) is 41.5 Å². The third-order valence-corrected chi connectivity index (χ3v) is 6.22. The molecule has 0 saturated heterocycles. The highest BCUT2D eigenvalue weighted by Gasteiger charge is 2.13. The van der Waals surface area contributed by atoms with Crippen molar-refractivity contribution in [3.05, 3.63) is 82.0 Å². The van der Waals surface area contributed by atoms with Crippen molar-refractivity contribution in [1.29, 1.82) is 0 Å². The standard InChI is InChI=1S/C13H17NO4.C12H13NO3.C9H11NO3/c1-5-18-9(2)14-12-8-10(16-3)6-7-11(12)13(15)17-4;1-3-16-12-7-11(14)9-5-4-8(15-2)6-10(9)13-12;1-12-6-3-4-7(8(10)5-6)9(11)13-2/h6-8H,5H2,1-4H3;4-7H,3H2,1-2H3,(H,13,14);3-5H,10H2,1-2H3. The molecule has 0 amide bonds. The maximum Gasteiger partial charge on any atom is 0.340 e. The number of nitrogens with one attached hydrogen (secondary N) is 1. The second kappa shape index (κ2) is 18.9. The number of carbonyl (C=O) groups excluding carboxylic acids is 2. The molecule has 0 fully saturated rings. The molecule has 4 rings (SSSR count). The Balaban J connectivity index is 0.000000248. The van der Waals surface area contributed by atoms with Gasteiger partial charge in [0.05, 0.1) is 71.1 Å². The number of nitrogens with zero attached hydrogens (tertiary/aromatic N) is 1. The number of anilines is 1. The number of H-pyrrole nitrogens is 1. The molecule has 0 radical (unpaired) electrons. The summed E-state index contributed by atoms with van der Waals surface area (Å²) < 4.78 is 34.9. The molecule has 0 bridgehead atoms. The van der Waals surface area contributed by atoms with Crippen LogP contribution in [0.5, 0.6) is 23.1 Å². The van der Waals surface area contributed by atoms with Crippen molar-refractivity contribution < 1.29 is 42.7 Å². The summed E-state index contributed by atoms with van der Waals surface area (Å²) in [6.45, 7) is 6.50. The van der Waals surface area contributed by atoms with Crippen LogP contribution in [0.25, 0.3) is 10.9 Å². The SMILES string of the molecule is CCOC(C)=Nc1cc(OC)ccc1C(=O)OC.CCOc1cc(=O)c2ccc(OC)cc2[nH]1.COC(=O)c1ccc(OC)cc1N. The van der Waals surface area contributed by atoms with Crippen molar-refractivity contribution >= 4 is 40.1 Å². The molecule has 13 nitrogen and oxygen atoms in total. The third-order valence-electron chi connectivity index (χ3n) is 6.22.